The van der Waals surface area contributed by atoms with Crippen LogP contribution in [0.4, 0.5) is 5.82 Å². The molecule has 0 spiro atoms. The predicted molar refractivity (Wildman–Crippen MR) is 72.2 cm³/mol. The molecular weight excluding hydrogens is 246 g/mol. The highest BCUT2D eigenvalue weighted by Crippen LogP contribution is 2.09. The smallest absolute Gasteiger partial charge is 0.326 e. The van der Waals surface area contributed by atoms with Gasteiger partial charge in [-0.25, -0.2) is 9.78 Å². The first-order valence-electron chi connectivity index (χ1n) is 6.32. The van der Waals surface area contributed by atoms with Crippen LogP contribution in [0.1, 0.15) is 37.0 Å². The van der Waals surface area contributed by atoms with E-state index < -0.39 is 12.0 Å². The van der Waals surface area contributed by atoms with Crippen molar-refractivity contribution in [3.8, 4) is 0 Å². The molecule has 0 saturated heterocycles. The van der Waals surface area contributed by atoms with E-state index in [0.29, 0.717) is 24.3 Å². The number of rotatable bonds is 7. The Morgan fingerprint density at radius 3 is 2.58 bits per heavy atom. The van der Waals surface area contributed by atoms with Gasteiger partial charge in [0.2, 0.25) is 0 Å². The highest BCUT2D eigenvalue weighted by atomic mass is 16.4. The van der Waals surface area contributed by atoms with Gasteiger partial charge in [0.1, 0.15) is 11.9 Å². The first-order valence-corrected chi connectivity index (χ1v) is 6.32. The van der Waals surface area contributed by atoms with Gasteiger partial charge in [-0.3, -0.25) is 4.79 Å². The van der Waals surface area contributed by atoms with Gasteiger partial charge < -0.3 is 15.7 Å². The highest BCUT2D eigenvalue weighted by molar-refractivity contribution is 5.94. The number of carboxylic acids is 1. The molecule has 1 amide bonds. The summed E-state index contributed by atoms with van der Waals surface area (Å²) in [5, 5.41) is 14.5. The van der Waals surface area contributed by atoms with Gasteiger partial charge in [-0.15, -0.1) is 0 Å². The van der Waals surface area contributed by atoms with Crippen LogP contribution in [0.2, 0.25) is 0 Å². The lowest BCUT2D eigenvalue weighted by Gasteiger charge is -2.14. The second-order valence-electron chi connectivity index (χ2n) is 4.12. The van der Waals surface area contributed by atoms with Crippen molar-refractivity contribution < 1.29 is 14.7 Å². The number of amides is 1. The van der Waals surface area contributed by atoms with E-state index in [4.69, 9.17) is 5.11 Å². The van der Waals surface area contributed by atoms with Gasteiger partial charge in [0.25, 0.3) is 5.91 Å². The van der Waals surface area contributed by atoms with E-state index in [-0.39, 0.29) is 5.91 Å². The Morgan fingerprint density at radius 1 is 1.37 bits per heavy atom. The lowest BCUT2D eigenvalue weighted by Crippen LogP contribution is -2.29. The van der Waals surface area contributed by atoms with Crippen molar-refractivity contribution in [2.24, 2.45) is 0 Å². The van der Waals surface area contributed by atoms with Gasteiger partial charge in [0.15, 0.2) is 0 Å². The molecule has 0 aliphatic heterocycles. The molecule has 0 aliphatic carbocycles. The maximum absolute atomic E-state index is 11.5. The Labute approximate surface area is 112 Å². The lowest BCUT2D eigenvalue weighted by atomic mass is 10.1. The number of aromatic nitrogens is 1. The van der Waals surface area contributed by atoms with Crippen LogP contribution in [-0.2, 0) is 4.79 Å². The number of nitrogens with zero attached hydrogens (tertiary/aromatic N) is 1. The van der Waals surface area contributed by atoms with E-state index in [9.17, 15) is 9.59 Å². The average Bonchev–Trinajstić information content (AvgIpc) is 2.39. The summed E-state index contributed by atoms with van der Waals surface area (Å²) in [7, 11) is 0. The van der Waals surface area contributed by atoms with E-state index in [1.54, 1.807) is 12.1 Å². The zero-order valence-electron chi connectivity index (χ0n) is 11.1. The number of hydrogen-bond acceptors (Lipinski definition) is 4. The Hall–Kier alpha value is -2.11. The molecule has 19 heavy (non-hydrogen) atoms. The quantitative estimate of drug-likeness (QED) is 0.695. The molecule has 3 N–H and O–H groups in total. The van der Waals surface area contributed by atoms with E-state index in [1.165, 1.54) is 6.20 Å². The van der Waals surface area contributed by atoms with Crippen molar-refractivity contribution in [2.75, 3.05) is 11.9 Å². The molecule has 0 aromatic carbocycles. The van der Waals surface area contributed by atoms with Crippen LogP contribution < -0.4 is 10.6 Å². The number of carbonyl (C=O) groups is 2. The fourth-order valence-corrected chi connectivity index (χ4v) is 1.60. The summed E-state index contributed by atoms with van der Waals surface area (Å²) < 4.78 is 0. The normalized spacial score (nSPS) is 11.7. The number of nitrogens with one attached hydrogen (secondary N) is 2. The number of anilines is 1. The number of carbonyl (C=O) groups excluding carboxylic acids is 1. The summed E-state index contributed by atoms with van der Waals surface area (Å²) in [6.45, 7) is 4.31. The van der Waals surface area contributed by atoms with Crippen molar-refractivity contribution in [2.45, 2.75) is 32.7 Å². The minimum Gasteiger partial charge on any atom is -0.480 e. The minimum absolute atomic E-state index is 0.190. The first kappa shape index (κ1) is 14.9. The van der Waals surface area contributed by atoms with Gasteiger partial charge in [-0.1, -0.05) is 13.3 Å². The van der Waals surface area contributed by atoms with E-state index >= 15 is 0 Å². The monoisotopic (exact) mass is 265 g/mol. The maximum atomic E-state index is 11.5. The van der Waals surface area contributed by atoms with Crippen LogP contribution in [0.15, 0.2) is 18.3 Å². The van der Waals surface area contributed by atoms with Gasteiger partial charge in [0.05, 0.1) is 5.56 Å². The Morgan fingerprint density at radius 2 is 2.11 bits per heavy atom. The van der Waals surface area contributed by atoms with Crippen LogP contribution in [0, 0.1) is 0 Å². The second-order valence-corrected chi connectivity index (χ2v) is 4.12. The van der Waals surface area contributed by atoms with Gasteiger partial charge >= 0.3 is 5.97 Å². The van der Waals surface area contributed by atoms with E-state index in [2.05, 4.69) is 15.6 Å². The van der Waals surface area contributed by atoms with Crippen LogP contribution in [0.5, 0.6) is 0 Å². The summed E-state index contributed by atoms with van der Waals surface area (Å²) in [5.41, 5.74) is 0.453. The van der Waals surface area contributed by atoms with Crippen molar-refractivity contribution in [3.63, 3.8) is 0 Å². The standard InChI is InChI=1S/C13H19N3O3/c1-3-5-10(13(18)19)16-11-7-6-9(8-15-11)12(17)14-4-2/h6-8,10H,3-5H2,1-2H3,(H,14,17)(H,15,16)(H,18,19). The molecule has 0 fully saturated rings. The maximum Gasteiger partial charge on any atom is 0.326 e. The summed E-state index contributed by atoms with van der Waals surface area (Å²) in [6.07, 6.45) is 2.72. The predicted octanol–water partition coefficient (Wildman–Crippen LogP) is 1.50. The topological polar surface area (TPSA) is 91.3 Å². The molecule has 6 nitrogen and oxygen atoms in total. The van der Waals surface area contributed by atoms with E-state index in [0.717, 1.165) is 6.42 Å². The fraction of sp³-hybridized carbons (Fsp3) is 0.462. The SMILES string of the molecule is CCCC(Nc1ccc(C(=O)NCC)cn1)C(=O)O. The molecule has 1 unspecified atom stereocenters. The molecule has 1 heterocycles. The molecule has 6 heteroatoms. The molecule has 0 aliphatic rings. The zero-order chi connectivity index (χ0) is 14.3. The third-order valence-corrected chi connectivity index (χ3v) is 2.56. The minimum atomic E-state index is -0.906. The molecule has 104 valence electrons. The van der Waals surface area contributed by atoms with Gasteiger partial charge in [-0.2, -0.15) is 0 Å². The van der Waals surface area contributed by atoms with Crippen molar-refractivity contribution >= 4 is 17.7 Å². The summed E-state index contributed by atoms with van der Waals surface area (Å²) >= 11 is 0. The molecule has 1 aromatic rings. The van der Waals surface area contributed by atoms with Gasteiger partial charge in [-0.05, 0) is 25.5 Å². The van der Waals surface area contributed by atoms with Crippen molar-refractivity contribution in [3.05, 3.63) is 23.9 Å². The highest BCUT2D eigenvalue weighted by Gasteiger charge is 2.16. The largest absolute Gasteiger partial charge is 0.480 e. The molecule has 0 saturated carbocycles. The Balaban J connectivity index is 2.70. The number of carboxylic acid groups (broad SMARTS) is 1. The Kier molecular flexibility index (Phi) is 5.78. The third kappa shape index (κ3) is 4.57. The fourth-order valence-electron chi connectivity index (χ4n) is 1.60. The number of pyridine rings is 1. The third-order valence-electron chi connectivity index (χ3n) is 2.56. The molecule has 1 atom stereocenters. The summed E-state index contributed by atoms with van der Waals surface area (Å²) in [6, 6.07) is 2.56. The zero-order valence-corrected chi connectivity index (χ0v) is 11.1. The van der Waals surface area contributed by atoms with E-state index in [1.807, 2.05) is 13.8 Å². The number of hydrogen-bond donors (Lipinski definition) is 3. The molecule has 1 aromatic heterocycles. The van der Waals surface area contributed by atoms with Gasteiger partial charge in [0, 0.05) is 12.7 Å². The van der Waals surface area contributed by atoms with Crippen LogP contribution >= 0.6 is 0 Å². The van der Waals surface area contributed by atoms with Crippen molar-refractivity contribution in [1.82, 2.24) is 10.3 Å². The number of aliphatic carboxylic acids is 1. The molecule has 0 bridgehead atoms. The second kappa shape index (κ2) is 7.35. The van der Waals surface area contributed by atoms with Crippen molar-refractivity contribution in [1.29, 1.82) is 0 Å². The summed E-state index contributed by atoms with van der Waals surface area (Å²) in [4.78, 5) is 26.6. The molecule has 0 radical (unpaired) electrons. The Bertz CT molecular complexity index is 431. The summed E-state index contributed by atoms with van der Waals surface area (Å²) in [5.74, 6) is -0.643. The lowest BCUT2D eigenvalue weighted by molar-refractivity contribution is -0.138. The van der Waals surface area contributed by atoms with Crippen LogP contribution in [-0.4, -0.2) is 34.6 Å². The average molecular weight is 265 g/mol. The first-order chi connectivity index (χ1) is 9.08. The molecule has 1 rings (SSSR count). The van der Waals surface area contributed by atoms with Crippen LogP contribution in [0.3, 0.4) is 0 Å². The van der Waals surface area contributed by atoms with Crippen LogP contribution in [0.25, 0.3) is 0 Å². The molecular formula is C13H19N3O3.